The summed E-state index contributed by atoms with van der Waals surface area (Å²) in [6.07, 6.45) is 12.6. The number of hydrogen-bond acceptors (Lipinski definition) is 2. The summed E-state index contributed by atoms with van der Waals surface area (Å²) in [5, 5.41) is 0. The van der Waals surface area contributed by atoms with Crippen LogP contribution in [0.15, 0.2) is 12.7 Å². The quantitative estimate of drug-likeness (QED) is 0.235. The Bertz CT molecular complexity index is 285. The fraction of sp³-hybridized carbons (Fsp3) is 0.842. The number of unbranched alkanes of at least 4 members (excludes halogenated alkanes) is 3. The predicted molar refractivity (Wildman–Crippen MR) is 91.4 cm³/mol. The molecule has 0 aliphatic carbocycles. The highest BCUT2D eigenvalue weighted by Gasteiger charge is 2.33. The van der Waals surface area contributed by atoms with Crippen molar-refractivity contribution in [2.45, 2.75) is 97.5 Å². The smallest absolute Gasteiger partial charge is 0.330 e. The van der Waals surface area contributed by atoms with Crippen molar-refractivity contribution in [1.29, 1.82) is 0 Å². The maximum atomic E-state index is 11.8. The molecular formula is C19H36O2. The monoisotopic (exact) mass is 296 g/mol. The molecule has 0 aromatic heterocycles. The van der Waals surface area contributed by atoms with Gasteiger partial charge in [-0.15, -0.1) is 0 Å². The average molecular weight is 296 g/mol. The number of esters is 1. The van der Waals surface area contributed by atoms with Crippen LogP contribution >= 0.6 is 0 Å². The third-order valence-electron chi connectivity index (χ3n) is 4.57. The second-order valence-electron chi connectivity index (χ2n) is 6.24. The van der Waals surface area contributed by atoms with Crippen molar-refractivity contribution in [1.82, 2.24) is 0 Å². The zero-order valence-electron chi connectivity index (χ0n) is 14.7. The van der Waals surface area contributed by atoms with Gasteiger partial charge in [0.25, 0.3) is 0 Å². The first-order valence-corrected chi connectivity index (χ1v) is 8.92. The Morgan fingerprint density at radius 3 is 2.29 bits per heavy atom. The van der Waals surface area contributed by atoms with Gasteiger partial charge >= 0.3 is 5.97 Å². The summed E-state index contributed by atoms with van der Waals surface area (Å²) in [5.74, 6) is 0.392. The standard InChI is InChI=1S/C19H36O2/c1-6-11-13-15-19(10-5,21-18(20)9-4)16-17(8-3)14-12-7-2/h9,17H,4,6-8,10-16H2,1-3,5H3. The van der Waals surface area contributed by atoms with Crippen LogP contribution in [0.3, 0.4) is 0 Å². The Morgan fingerprint density at radius 1 is 1.14 bits per heavy atom. The maximum Gasteiger partial charge on any atom is 0.330 e. The minimum atomic E-state index is -0.283. The topological polar surface area (TPSA) is 26.3 Å². The van der Waals surface area contributed by atoms with Crippen LogP contribution in [-0.4, -0.2) is 11.6 Å². The lowest BCUT2D eigenvalue weighted by atomic mass is 9.81. The van der Waals surface area contributed by atoms with Crippen LogP contribution in [0, 0.1) is 5.92 Å². The van der Waals surface area contributed by atoms with E-state index in [0.29, 0.717) is 5.92 Å². The zero-order valence-corrected chi connectivity index (χ0v) is 14.7. The van der Waals surface area contributed by atoms with Gasteiger partial charge in [0.05, 0.1) is 0 Å². The van der Waals surface area contributed by atoms with Gasteiger partial charge in [-0.3, -0.25) is 0 Å². The van der Waals surface area contributed by atoms with E-state index in [0.717, 1.165) is 25.7 Å². The molecule has 0 saturated carbocycles. The Morgan fingerprint density at radius 2 is 1.81 bits per heavy atom. The van der Waals surface area contributed by atoms with E-state index in [9.17, 15) is 4.79 Å². The molecule has 0 fully saturated rings. The van der Waals surface area contributed by atoms with E-state index in [4.69, 9.17) is 4.74 Å². The number of rotatable bonds is 13. The Labute approximate surface area is 132 Å². The van der Waals surface area contributed by atoms with Gasteiger partial charge in [-0.2, -0.15) is 0 Å². The molecule has 0 heterocycles. The lowest BCUT2D eigenvalue weighted by Crippen LogP contribution is -2.36. The molecular weight excluding hydrogens is 260 g/mol. The van der Waals surface area contributed by atoms with Crippen LogP contribution in [0.2, 0.25) is 0 Å². The highest BCUT2D eigenvalue weighted by Crippen LogP contribution is 2.34. The van der Waals surface area contributed by atoms with Crippen LogP contribution < -0.4 is 0 Å². The Kier molecular flexibility index (Phi) is 11.4. The van der Waals surface area contributed by atoms with Crippen molar-refractivity contribution in [3.63, 3.8) is 0 Å². The first kappa shape index (κ1) is 20.2. The molecule has 21 heavy (non-hydrogen) atoms. The summed E-state index contributed by atoms with van der Waals surface area (Å²) in [4.78, 5) is 11.8. The number of hydrogen-bond donors (Lipinski definition) is 0. The van der Waals surface area contributed by atoms with Crippen molar-refractivity contribution < 1.29 is 9.53 Å². The fourth-order valence-electron chi connectivity index (χ4n) is 3.01. The minimum Gasteiger partial charge on any atom is -0.456 e. The molecule has 124 valence electrons. The third-order valence-corrected chi connectivity index (χ3v) is 4.57. The predicted octanol–water partition coefficient (Wildman–Crippen LogP) is 6.05. The van der Waals surface area contributed by atoms with Gasteiger partial charge in [-0.1, -0.05) is 72.8 Å². The van der Waals surface area contributed by atoms with Gasteiger partial charge in [0.2, 0.25) is 0 Å². The molecule has 2 atom stereocenters. The van der Waals surface area contributed by atoms with Crippen LogP contribution in [-0.2, 0) is 9.53 Å². The Balaban J connectivity index is 4.86. The van der Waals surface area contributed by atoms with Crippen LogP contribution in [0.1, 0.15) is 91.9 Å². The number of ether oxygens (including phenoxy) is 1. The molecule has 0 spiro atoms. The third kappa shape index (κ3) is 8.28. The van der Waals surface area contributed by atoms with Crippen molar-refractivity contribution >= 4 is 5.97 Å². The minimum absolute atomic E-state index is 0.265. The fourth-order valence-corrected chi connectivity index (χ4v) is 3.01. The second-order valence-corrected chi connectivity index (χ2v) is 6.24. The molecule has 0 rings (SSSR count). The van der Waals surface area contributed by atoms with Gasteiger partial charge in [0, 0.05) is 6.08 Å². The number of carbonyl (C=O) groups excluding carboxylic acids is 1. The summed E-state index contributed by atoms with van der Waals surface area (Å²) in [6, 6.07) is 0. The van der Waals surface area contributed by atoms with E-state index in [2.05, 4.69) is 34.3 Å². The van der Waals surface area contributed by atoms with Gasteiger partial charge in [0.1, 0.15) is 5.60 Å². The van der Waals surface area contributed by atoms with Crippen LogP contribution in [0.5, 0.6) is 0 Å². The Hall–Kier alpha value is -0.790. The first-order chi connectivity index (χ1) is 10.1. The van der Waals surface area contributed by atoms with Crippen molar-refractivity contribution in [3.8, 4) is 0 Å². The largest absolute Gasteiger partial charge is 0.456 e. The lowest BCUT2D eigenvalue weighted by Gasteiger charge is -2.35. The highest BCUT2D eigenvalue weighted by molar-refractivity contribution is 5.81. The summed E-state index contributed by atoms with van der Waals surface area (Å²) in [7, 11) is 0. The summed E-state index contributed by atoms with van der Waals surface area (Å²) in [6.45, 7) is 12.4. The molecule has 0 radical (unpaired) electrons. The molecule has 0 N–H and O–H groups in total. The molecule has 2 nitrogen and oxygen atoms in total. The molecule has 2 unspecified atom stereocenters. The first-order valence-electron chi connectivity index (χ1n) is 8.92. The summed E-state index contributed by atoms with van der Waals surface area (Å²) >= 11 is 0. The van der Waals surface area contributed by atoms with E-state index in [1.807, 2.05) is 0 Å². The van der Waals surface area contributed by atoms with Crippen molar-refractivity contribution in [3.05, 3.63) is 12.7 Å². The van der Waals surface area contributed by atoms with E-state index in [-0.39, 0.29) is 11.6 Å². The second kappa shape index (κ2) is 11.8. The zero-order chi connectivity index (χ0) is 16.1. The van der Waals surface area contributed by atoms with Crippen LogP contribution in [0.4, 0.5) is 0 Å². The van der Waals surface area contributed by atoms with E-state index < -0.39 is 0 Å². The van der Waals surface area contributed by atoms with Gasteiger partial charge in [-0.25, -0.2) is 4.79 Å². The maximum absolute atomic E-state index is 11.8. The van der Waals surface area contributed by atoms with E-state index in [1.165, 1.54) is 44.6 Å². The SMILES string of the molecule is C=CC(=O)OC(CC)(CCCCC)CC(CC)CCCC. The average Bonchev–Trinajstić information content (AvgIpc) is 2.51. The summed E-state index contributed by atoms with van der Waals surface area (Å²) < 4.78 is 5.84. The molecule has 0 aliphatic rings. The normalized spacial score (nSPS) is 15.2. The van der Waals surface area contributed by atoms with Crippen molar-refractivity contribution in [2.75, 3.05) is 0 Å². The van der Waals surface area contributed by atoms with E-state index >= 15 is 0 Å². The van der Waals surface area contributed by atoms with Gasteiger partial charge < -0.3 is 4.74 Å². The molecule has 2 heteroatoms. The summed E-state index contributed by atoms with van der Waals surface area (Å²) in [5.41, 5.74) is -0.283. The molecule has 0 amide bonds. The molecule has 0 bridgehead atoms. The highest BCUT2D eigenvalue weighted by atomic mass is 16.6. The molecule has 0 aliphatic heterocycles. The van der Waals surface area contributed by atoms with Gasteiger partial charge in [0.15, 0.2) is 0 Å². The molecule has 0 aromatic rings. The molecule has 0 saturated heterocycles. The lowest BCUT2D eigenvalue weighted by molar-refractivity contribution is -0.157. The van der Waals surface area contributed by atoms with Gasteiger partial charge in [-0.05, 0) is 31.6 Å². The van der Waals surface area contributed by atoms with E-state index in [1.54, 1.807) is 0 Å². The van der Waals surface area contributed by atoms with Crippen molar-refractivity contribution in [2.24, 2.45) is 5.92 Å². The van der Waals surface area contributed by atoms with Crippen LogP contribution in [0.25, 0.3) is 0 Å². The number of carbonyl (C=O) groups is 1. The molecule has 0 aromatic carbocycles.